The van der Waals surface area contributed by atoms with Crippen LogP contribution in [0, 0.1) is 5.82 Å². The molecule has 1 aliphatic heterocycles. The number of rotatable bonds is 5. The van der Waals surface area contributed by atoms with E-state index in [1.54, 1.807) is 42.6 Å². The molecule has 32 heavy (non-hydrogen) atoms. The molecule has 1 N–H and O–H groups in total. The van der Waals surface area contributed by atoms with Gasteiger partial charge >= 0.3 is 11.7 Å². The summed E-state index contributed by atoms with van der Waals surface area (Å²) in [5, 5.41) is 9.62. The molecule has 0 saturated carbocycles. The number of hydrogen-bond acceptors (Lipinski definition) is 4. The predicted octanol–water partition coefficient (Wildman–Crippen LogP) is 4.44. The summed E-state index contributed by atoms with van der Waals surface area (Å²) < 4.78 is 14.8. The minimum atomic E-state index is -0.320. The average Bonchev–Trinajstić information content (AvgIpc) is 3.12. The fourth-order valence-electron chi connectivity index (χ4n) is 3.72. The molecule has 0 amide bonds. The Morgan fingerprint density at radius 2 is 1.53 bits per heavy atom. The predicted molar refractivity (Wildman–Crippen MR) is 119 cm³/mol. The molecule has 0 aliphatic carbocycles. The number of aliphatic imine (C=N–C) groups is 1. The van der Waals surface area contributed by atoms with Crippen molar-refractivity contribution in [3.8, 4) is 17.0 Å². The molecule has 6 heteroatoms. The van der Waals surface area contributed by atoms with Gasteiger partial charge in [0.2, 0.25) is 5.71 Å². The standard InChI is InChI=1S/C26H18FN3O2/c27-20-10-6-18(7-11-20)15-23-26(32)30-16-24(19-8-12-21(31)13-9-19)28-22(25(30)29-23)14-17-4-2-1-3-5-17/h1-13,16H,14-15H2/p+1. The summed E-state index contributed by atoms with van der Waals surface area (Å²) in [7, 11) is 0. The van der Waals surface area contributed by atoms with Crippen LogP contribution in [0.4, 0.5) is 10.2 Å². The molecule has 0 radical (unpaired) electrons. The molecule has 0 atom stereocenters. The Kier molecular flexibility index (Phi) is 5.03. The van der Waals surface area contributed by atoms with Crippen LogP contribution in [0.25, 0.3) is 11.3 Å². The number of nitrogens with zero attached hydrogens (tertiary/aromatic N) is 3. The second kappa shape index (κ2) is 8.15. The van der Waals surface area contributed by atoms with Crippen LogP contribution >= 0.6 is 0 Å². The third-order valence-corrected chi connectivity index (χ3v) is 5.36. The largest absolute Gasteiger partial charge is 0.508 e. The SMILES string of the molecule is O=C1C(Cc2ccc(F)cc2)=Nc2c(Cc3ccccc3)nc(-c3ccc(O)cc3)c[n+]21. The summed E-state index contributed by atoms with van der Waals surface area (Å²) in [5.41, 5.74) is 4.33. The van der Waals surface area contributed by atoms with Crippen molar-refractivity contribution in [2.24, 2.45) is 4.99 Å². The average molecular weight is 424 g/mol. The molecule has 4 aromatic rings. The number of hydrogen-bond donors (Lipinski definition) is 1. The minimum Gasteiger partial charge on any atom is -0.508 e. The van der Waals surface area contributed by atoms with Gasteiger partial charge in [-0.1, -0.05) is 42.5 Å². The van der Waals surface area contributed by atoms with Crippen molar-refractivity contribution < 1.29 is 18.9 Å². The molecular weight excluding hydrogens is 405 g/mol. The Morgan fingerprint density at radius 1 is 0.844 bits per heavy atom. The van der Waals surface area contributed by atoms with Crippen molar-refractivity contribution in [3.63, 3.8) is 0 Å². The molecule has 0 unspecified atom stereocenters. The van der Waals surface area contributed by atoms with E-state index in [-0.39, 0.29) is 17.5 Å². The van der Waals surface area contributed by atoms with Gasteiger partial charge in [-0.15, -0.1) is 0 Å². The van der Waals surface area contributed by atoms with Gasteiger partial charge in [-0.25, -0.2) is 14.2 Å². The second-order valence-corrected chi connectivity index (χ2v) is 7.64. The van der Waals surface area contributed by atoms with Crippen LogP contribution in [0.5, 0.6) is 5.75 Å². The summed E-state index contributed by atoms with van der Waals surface area (Å²) in [4.78, 5) is 22.6. The molecule has 0 fully saturated rings. The molecule has 0 saturated heterocycles. The number of halogens is 1. The topological polar surface area (TPSA) is 66.4 Å². The fraction of sp³-hybridized carbons (Fsp3) is 0.0769. The molecule has 2 heterocycles. The van der Waals surface area contributed by atoms with Crippen LogP contribution in [0.1, 0.15) is 21.6 Å². The Morgan fingerprint density at radius 3 is 2.25 bits per heavy atom. The van der Waals surface area contributed by atoms with Crippen LogP contribution < -0.4 is 4.57 Å². The summed E-state index contributed by atoms with van der Waals surface area (Å²) in [5.74, 6) is 0.131. The first-order valence-electron chi connectivity index (χ1n) is 10.2. The van der Waals surface area contributed by atoms with Gasteiger partial charge in [0.25, 0.3) is 0 Å². The lowest BCUT2D eigenvalue weighted by Gasteiger charge is -2.06. The maximum atomic E-state index is 13.3. The van der Waals surface area contributed by atoms with Crippen LogP contribution in [0.3, 0.4) is 0 Å². The minimum absolute atomic E-state index is 0.160. The molecule has 1 aromatic heterocycles. The first kappa shape index (κ1) is 19.8. The van der Waals surface area contributed by atoms with E-state index in [9.17, 15) is 14.3 Å². The van der Waals surface area contributed by atoms with Gasteiger partial charge in [0.15, 0.2) is 0 Å². The molecule has 156 valence electrons. The third kappa shape index (κ3) is 3.90. The Bertz CT molecular complexity index is 1330. The summed E-state index contributed by atoms with van der Waals surface area (Å²) in [6, 6.07) is 22.6. The van der Waals surface area contributed by atoms with Crippen molar-refractivity contribution in [2.45, 2.75) is 12.8 Å². The third-order valence-electron chi connectivity index (χ3n) is 5.36. The molecule has 5 nitrogen and oxygen atoms in total. The van der Waals surface area contributed by atoms with Gasteiger partial charge in [-0.2, -0.15) is 4.57 Å². The first-order valence-corrected chi connectivity index (χ1v) is 10.2. The normalized spacial score (nSPS) is 12.5. The first-order chi connectivity index (χ1) is 15.6. The lowest BCUT2D eigenvalue weighted by Crippen LogP contribution is -2.44. The summed E-state index contributed by atoms with van der Waals surface area (Å²) in [6.45, 7) is 0. The molecular formula is C26H19FN3O2+. The number of carbonyl (C=O) groups is 1. The van der Waals surface area contributed by atoms with E-state index in [0.29, 0.717) is 35.8 Å². The van der Waals surface area contributed by atoms with E-state index >= 15 is 0 Å². The van der Waals surface area contributed by atoms with Crippen LogP contribution in [0.15, 0.2) is 90.1 Å². The van der Waals surface area contributed by atoms with Gasteiger partial charge in [0, 0.05) is 18.4 Å². The van der Waals surface area contributed by atoms with E-state index in [0.717, 1.165) is 16.7 Å². The highest BCUT2D eigenvalue weighted by molar-refractivity contribution is 6.37. The number of benzene rings is 3. The van der Waals surface area contributed by atoms with E-state index < -0.39 is 0 Å². The van der Waals surface area contributed by atoms with Crippen molar-refractivity contribution in [3.05, 3.63) is 108 Å². The van der Waals surface area contributed by atoms with Crippen molar-refractivity contribution in [1.29, 1.82) is 0 Å². The van der Waals surface area contributed by atoms with Crippen LogP contribution in [0.2, 0.25) is 0 Å². The second-order valence-electron chi connectivity index (χ2n) is 7.64. The van der Waals surface area contributed by atoms with Gasteiger partial charge in [0.05, 0.1) is 0 Å². The molecule has 1 aliphatic rings. The van der Waals surface area contributed by atoms with E-state index in [2.05, 4.69) is 4.99 Å². The van der Waals surface area contributed by atoms with Gasteiger partial charge in [0.1, 0.15) is 29.2 Å². The Hall–Kier alpha value is -4.19. The van der Waals surface area contributed by atoms with Crippen LogP contribution in [-0.2, 0) is 12.8 Å². The van der Waals surface area contributed by atoms with E-state index in [4.69, 9.17) is 4.98 Å². The highest BCUT2D eigenvalue weighted by Gasteiger charge is 2.37. The summed E-state index contributed by atoms with van der Waals surface area (Å²) >= 11 is 0. The molecule has 0 bridgehead atoms. The van der Waals surface area contributed by atoms with Gasteiger partial charge < -0.3 is 5.11 Å². The zero-order valence-electron chi connectivity index (χ0n) is 17.1. The maximum Gasteiger partial charge on any atom is 0.386 e. The quantitative estimate of drug-likeness (QED) is 0.482. The monoisotopic (exact) mass is 424 g/mol. The molecule has 3 aromatic carbocycles. The highest BCUT2D eigenvalue weighted by Crippen LogP contribution is 2.26. The highest BCUT2D eigenvalue weighted by atomic mass is 19.1. The lowest BCUT2D eigenvalue weighted by molar-refractivity contribution is -0.551. The van der Waals surface area contributed by atoms with E-state index in [1.807, 2.05) is 30.3 Å². The smallest absolute Gasteiger partial charge is 0.386 e. The summed E-state index contributed by atoms with van der Waals surface area (Å²) in [6.07, 6.45) is 2.50. The number of fused-ring (bicyclic) bond motifs is 1. The Balaban J connectivity index is 1.57. The number of aromatic hydroxyl groups is 1. The number of aromatic nitrogens is 2. The maximum absolute atomic E-state index is 13.3. The molecule has 0 spiro atoms. The van der Waals surface area contributed by atoms with Crippen molar-refractivity contribution >= 4 is 17.4 Å². The van der Waals surface area contributed by atoms with Crippen molar-refractivity contribution in [2.75, 3.05) is 0 Å². The number of carbonyl (C=O) groups excluding carboxylic acids is 1. The lowest BCUT2D eigenvalue weighted by atomic mass is 10.1. The fourth-order valence-corrected chi connectivity index (χ4v) is 3.72. The zero-order chi connectivity index (χ0) is 22.1. The van der Waals surface area contributed by atoms with E-state index in [1.165, 1.54) is 16.7 Å². The Labute approximate surface area is 184 Å². The van der Waals surface area contributed by atoms with Crippen molar-refractivity contribution in [1.82, 2.24) is 4.98 Å². The van der Waals surface area contributed by atoms with Crippen LogP contribution in [-0.4, -0.2) is 21.7 Å². The molecule has 5 rings (SSSR count). The van der Waals surface area contributed by atoms with Gasteiger partial charge in [-0.3, -0.25) is 0 Å². The number of phenolic OH excluding ortho intramolecular Hbond substituents is 1. The zero-order valence-corrected chi connectivity index (χ0v) is 17.1. The van der Waals surface area contributed by atoms with Gasteiger partial charge in [-0.05, 0) is 52.5 Å². The number of phenols is 1.